The second kappa shape index (κ2) is 15.2. The fourth-order valence-electron chi connectivity index (χ4n) is 6.35. The van der Waals surface area contributed by atoms with E-state index in [1.54, 1.807) is 6.07 Å². The molecule has 44 heavy (non-hydrogen) atoms. The summed E-state index contributed by atoms with van der Waals surface area (Å²) in [6.07, 6.45) is 10.2. The number of nitrogens with one attached hydrogen (secondary N) is 3. The van der Waals surface area contributed by atoms with Crippen LogP contribution in [0.3, 0.4) is 0 Å². The molecule has 5 rings (SSSR count). The average Bonchev–Trinajstić information content (AvgIpc) is 3.43. The number of benzene rings is 2. The van der Waals surface area contributed by atoms with Crippen molar-refractivity contribution in [3.8, 4) is 11.5 Å². The van der Waals surface area contributed by atoms with E-state index >= 15 is 0 Å². The van der Waals surface area contributed by atoms with E-state index in [4.69, 9.17) is 15.6 Å². The average molecular weight is 618 g/mol. The number of rotatable bonds is 10. The lowest BCUT2D eigenvalue weighted by atomic mass is 9.88. The molecule has 9 heteroatoms. The van der Waals surface area contributed by atoms with Crippen molar-refractivity contribution in [2.75, 3.05) is 26.2 Å². The maximum atomic E-state index is 13.4. The molecule has 2 saturated heterocycles. The third kappa shape index (κ3) is 8.72. The Balaban J connectivity index is 1.24. The molecule has 0 radical (unpaired) electrons. The molecule has 8 nitrogen and oxygen atoms in total. The van der Waals surface area contributed by atoms with Gasteiger partial charge in [-0.15, -0.1) is 0 Å². The third-order valence-electron chi connectivity index (χ3n) is 9.11. The number of amides is 2. The molecule has 0 bridgehead atoms. The van der Waals surface area contributed by atoms with Crippen LogP contribution in [0.15, 0.2) is 42.5 Å². The molecule has 236 valence electrons. The summed E-state index contributed by atoms with van der Waals surface area (Å²) in [7, 11) is 0. The molecule has 2 aromatic carbocycles. The Hall–Kier alpha value is -3.17. The highest BCUT2D eigenvalue weighted by Gasteiger charge is 2.25. The third-order valence-corrected chi connectivity index (χ3v) is 10.2. The number of carbonyl (C=O) groups excluding carboxylic acids is 2. The largest absolute Gasteiger partial charge is 0.457 e. The molecular formula is C35H47N5O3S. The smallest absolute Gasteiger partial charge is 0.251 e. The van der Waals surface area contributed by atoms with Crippen LogP contribution >= 0.6 is 11.8 Å². The molecule has 0 unspecified atom stereocenters. The van der Waals surface area contributed by atoms with Crippen molar-refractivity contribution in [2.24, 2.45) is 11.8 Å². The van der Waals surface area contributed by atoms with Crippen LogP contribution in [0, 0.1) is 22.7 Å². The minimum atomic E-state index is -0.0993. The van der Waals surface area contributed by atoms with Gasteiger partial charge in [-0.25, -0.2) is 0 Å². The molecule has 3 fully saturated rings. The summed E-state index contributed by atoms with van der Waals surface area (Å²) in [4.78, 5) is 30.2. The number of ether oxygens (including phenoxy) is 1. The van der Waals surface area contributed by atoms with Gasteiger partial charge in [-0.3, -0.25) is 20.4 Å². The van der Waals surface area contributed by atoms with Crippen LogP contribution in [0.25, 0.3) is 0 Å². The normalized spacial score (nSPS) is 18.5. The van der Waals surface area contributed by atoms with Crippen molar-refractivity contribution in [3.63, 3.8) is 0 Å². The van der Waals surface area contributed by atoms with Crippen LogP contribution < -0.4 is 10.1 Å². The number of nitrogens with zero attached hydrogens (tertiary/aromatic N) is 2. The Kier molecular flexibility index (Phi) is 11.1. The highest BCUT2D eigenvalue weighted by Crippen LogP contribution is 2.31. The first-order valence-electron chi connectivity index (χ1n) is 16.3. The van der Waals surface area contributed by atoms with E-state index in [-0.39, 0.29) is 23.8 Å². The molecule has 1 aliphatic carbocycles. The van der Waals surface area contributed by atoms with Gasteiger partial charge in [0.2, 0.25) is 5.91 Å². The second-order valence-electron chi connectivity index (χ2n) is 12.9. The molecule has 3 N–H and O–H groups in total. The Morgan fingerprint density at radius 3 is 2.32 bits per heavy atom. The lowest BCUT2D eigenvalue weighted by Crippen LogP contribution is -2.46. The van der Waals surface area contributed by atoms with Crippen molar-refractivity contribution in [3.05, 3.63) is 59.2 Å². The van der Waals surface area contributed by atoms with Gasteiger partial charge in [0.15, 0.2) is 0 Å². The quantitative estimate of drug-likeness (QED) is 0.195. The van der Waals surface area contributed by atoms with Gasteiger partial charge in [0.05, 0.1) is 5.04 Å². The molecule has 2 amide bonds. The second-order valence-corrected chi connectivity index (χ2v) is 13.9. The van der Waals surface area contributed by atoms with Gasteiger partial charge in [-0.1, -0.05) is 50.9 Å². The number of carbonyl (C=O) groups is 2. The Morgan fingerprint density at radius 1 is 0.955 bits per heavy atom. The van der Waals surface area contributed by atoms with E-state index in [0.717, 1.165) is 62.1 Å². The van der Waals surface area contributed by atoms with Gasteiger partial charge in [0.25, 0.3) is 5.91 Å². The minimum absolute atomic E-state index is 0.0763. The van der Waals surface area contributed by atoms with Crippen LogP contribution in [-0.4, -0.2) is 63.9 Å². The topological polar surface area (TPSA) is 110 Å². The van der Waals surface area contributed by atoms with E-state index in [1.165, 1.54) is 38.6 Å². The SMILES string of the molecule is CC(C)C(=N)SC(=N)c1ccc(Oc2cc(C(=O)NC3CCN(CC4CCCCC4)CC3)ccc2CN2CCCC2=O)cc1. The first-order valence-corrected chi connectivity index (χ1v) is 17.1. The lowest BCUT2D eigenvalue weighted by Gasteiger charge is -2.35. The predicted octanol–water partition coefficient (Wildman–Crippen LogP) is 7.07. The van der Waals surface area contributed by atoms with E-state index in [9.17, 15) is 9.59 Å². The van der Waals surface area contributed by atoms with Gasteiger partial charge in [0.1, 0.15) is 16.5 Å². The van der Waals surface area contributed by atoms with E-state index in [0.29, 0.717) is 45.7 Å². The Labute approximate surface area is 266 Å². The van der Waals surface area contributed by atoms with Crippen molar-refractivity contribution >= 4 is 33.7 Å². The van der Waals surface area contributed by atoms with Gasteiger partial charge in [-0.05, 0) is 74.4 Å². The molecule has 1 saturated carbocycles. The maximum Gasteiger partial charge on any atom is 0.251 e. The molecule has 2 aliphatic heterocycles. The van der Waals surface area contributed by atoms with Gasteiger partial charge < -0.3 is 19.9 Å². The first kappa shape index (κ1) is 32.2. The number of hydrogen-bond acceptors (Lipinski definition) is 7. The number of piperidine rings is 1. The first-order chi connectivity index (χ1) is 21.2. The summed E-state index contributed by atoms with van der Waals surface area (Å²) in [5, 5.41) is 20.5. The van der Waals surface area contributed by atoms with Crippen LogP contribution in [0.4, 0.5) is 0 Å². The zero-order valence-corrected chi connectivity index (χ0v) is 27.0. The van der Waals surface area contributed by atoms with Gasteiger partial charge in [-0.2, -0.15) is 0 Å². The summed E-state index contributed by atoms with van der Waals surface area (Å²) in [5.41, 5.74) is 2.11. The number of likely N-dealkylation sites (tertiary alicyclic amines) is 2. The van der Waals surface area contributed by atoms with Crippen molar-refractivity contribution in [1.82, 2.24) is 15.1 Å². The summed E-state index contributed by atoms with van der Waals surface area (Å²) < 4.78 is 6.33. The molecule has 0 atom stereocenters. The van der Waals surface area contributed by atoms with E-state index < -0.39 is 0 Å². The number of thioether (sulfide) groups is 1. The van der Waals surface area contributed by atoms with E-state index in [1.807, 2.05) is 55.1 Å². The highest BCUT2D eigenvalue weighted by atomic mass is 32.2. The van der Waals surface area contributed by atoms with Crippen LogP contribution in [-0.2, 0) is 11.3 Å². The maximum absolute atomic E-state index is 13.4. The zero-order chi connectivity index (χ0) is 31.1. The van der Waals surface area contributed by atoms with Gasteiger partial charge >= 0.3 is 0 Å². The van der Waals surface area contributed by atoms with E-state index in [2.05, 4.69) is 10.2 Å². The standard InChI is InChI=1S/C35H47N5O3S/c1-24(2)33(36)44-34(37)26-12-14-30(15-13-26)43-31-21-27(10-11-28(31)23-40-18-6-9-32(40)41)35(42)38-29-16-19-39(20-17-29)22-25-7-4-3-5-8-25/h10-15,21,24-25,29,36-37H,3-9,16-20,22-23H2,1-2H3,(H,38,42). The van der Waals surface area contributed by atoms with Gasteiger partial charge in [0, 0.05) is 67.8 Å². The lowest BCUT2D eigenvalue weighted by molar-refractivity contribution is -0.128. The summed E-state index contributed by atoms with van der Waals surface area (Å²) >= 11 is 1.16. The summed E-state index contributed by atoms with van der Waals surface area (Å²) in [6.45, 7) is 8.31. The number of hydrogen-bond donors (Lipinski definition) is 3. The fourth-order valence-corrected chi connectivity index (χ4v) is 7.06. The summed E-state index contributed by atoms with van der Waals surface area (Å²) in [5.74, 6) is 2.09. The Bertz CT molecular complexity index is 1330. The predicted molar refractivity (Wildman–Crippen MR) is 178 cm³/mol. The van der Waals surface area contributed by atoms with Crippen molar-refractivity contribution in [1.29, 1.82) is 10.8 Å². The molecule has 0 spiro atoms. The van der Waals surface area contributed by atoms with Crippen molar-refractivity contribution in [2.45, 2.75) is 84.2 Å². The molecule has 3 aliphatic rings. The van der Waals surface area contributed by atoms with Crippen molar-refractivity contribution < 1.29 is 14.3 Å². The monoisotopic (exact) mass is 617 g/mol. The molecule has 2 heterocycles. The molecule has 2 aromatic rings. The summed E-state index contributed by atoms with van der Waals surface area (Å²) in [6, 6.07) is 12.9. The Morgan fingerprint density at radius 2 is 1.66 bits per heavy atom. The highest BCUT2D eigenvalue weighted by molar-refractivity contribution is 8.26. The fraction of sp³-hybridized carbons (Fsp3) is 0.543. The molecular weight excluding hydrogens is 570 g/mol. The van der Waals surface area contributed by atoms with Crippen LogP contribution in [0.2, 0.25) is 0 Å². The minimum Gasteiger partial charge on any atom is -0.457 e. The zero-order valence-electron chi connectivity index (χ0n) is 26.2. The molecule has 0 aromatic heterocycles. The van der Waals surface area contributed by atoms with Crippen LogP contribution in [0.1, 0.15) is 93.1 Å². The van der Waals surface area contributed by atoms with Crippen LogP contribution in [0.5, 0.6) is 11.5 Å².